The van der Waals surface area contributed by atoms with Crippen molar-refractivity contribution in [3.8, 4) is 5.75 Å². The first-order valence-electron chi connectivity index (χ1n) is 10.2. The summed E-state index contributed by atoms with van der Waals surface area (Å²) >= 11 is 3.34. The summed E-state index contributed by atoms with van der Waals surface area (Å²) in [5.74, 6) is 1.26. The topological polar surface area (TPSA) is 44.6 Å². The number of phenolic OH excluding ortho intramolecular Hbond substituents is 1. The maximum absolute atomic E-state index is 9.62. The zero-order valence-electron chi connectivity index (χ0n) is 16.7. The molecule has 4 heteroatoms. The van der Waals surface area contributed by atoms with Gasteiger partial charge in [0, 0.05) is 17.8 Å². The van der Waals surface area contributed by atoms with Gasteiger partial charge in [0.05, 0.1) is 16.2 Å². The maximum atomic E-state index is 9.62. The maximum Gasteiger partial charge on any atom is 0.129 e. The molecule has 30 heavy (non-hydrogen) atoms. The van der Waals surface area contributed by atoms with Crippen molar-refractivity contribution in [2.45, 2.75) is 25.3 Å². The van der Waals surface area contributed by atoms with Crippen LogP contribution in [-0.4, -0.2) is 11.3 Å². The lowest BCUT2D eigenvalue weighted by molar-refractivity contribution is 0.425. The Hall–Kier alpha value is -2.85. The average Bonchev–Trinajstić information content (AvgIpc) is 3.25. The molecule has 1 aliphatic carbocycles. The van der Waals surface area contributed by atoms with Crippen molar-refractivity contribution in [3.05, 3.63) is 99.5 Å². The summed E-state index contributed by atoms with van der Waals surface area (Å²) in [5.41, 5.74) is 7.13. The molecule has 0 unspecified atom stereocenters. The summed E-state index contributed by atoms with van der Waals surface area (Å²) < 4.78 is 0.667. The molecule has 150 valence electrons. The Morgan fingerprint density at radius 2 is 1.90 bits per heavy atom. The van der Waals surface area contributed by atoms with E-state index in [2.05, 4.69) is 87.8 Å². The number of hydrogen-bond donors (Lipinski definition) is 2. The number of phenols is 1. The number of rotatable bonds is 3. The van der Waals surface area contributed by atoms with Gasteiger partial charge >= 0.3 is 0 Å². The van der Waals surface area contributed by atoms with Gasteiger partial charge in [0.25, 0.3) is 0 Å². The van der Waals surface area contributed by atoms with E-state index in [0.29, 0.717) is 22.4 Å². The van der Waals surface area contributed by atoms with Gasteiger partial charge in [-0.2, -0.15) is 0 Å². The normalized spacial score (nSPS) is 22.0. The number of aromatic hydroxyl groups is 1. The lowest BCUT2D eigenvalue weighted by Gasteiger charge is -2.37. The van der Waals surface area contributed by atoms with E-state index >= 15 is 0 Å². The number of nitrogens with zero attached hydrogens (tertiary/aromatic N) is 1. The lowest BCUT2D eigenvalue weighted by Crippen LogP contribution is -2.29. The molecule has 1 heterocycles. The van der Waals surface area contributed by atoms with Gasteiger partial charge in [0.2, 0.25) is 0 Å². The van der Waals surface area contributed by atoms with Crippen LogP contribution >= 0.6 is 15.9 Å². The van der Waals surface area contributed by atoms with E-state index in [-0.39, 0.29) is 5.75 Å². The predicted molar refractivity (Wildman–Crippen MR) is 127 cm³/mol. The standard InChI is InChI=1S/C26H23BrN2O/c1-16-5-11-24-22(13-16)20-3-2-4-21(20)26(29-24)18-7-9-19(10-8-18)28-15-17-6-12-25(30)23(27)14-17/h2-3,5-15,20-21,26,29-30H,4H2,1H3/t20-,21-,26-/m1/s1. The van der Waals surface area contributed by atoms with E-state index in [1.165, 1.54) is 22.4 Å². The minimum absolute atomic E-state index is 0.230. The van der Waals surface area contributed by atoms with Crippen LogP contribution in [0, 0.1) is 12.8 Å². The number of aliphatic imine (C=N–C) groups is 1. The molecule has 3 nitrogen and oxygen atoms in total. The molecular weight excluding hydrogens is 436 g/mol. The summed E-state index contributed by atoms with van der Waals surface area (Å²) in [4.78, 5) is 4.59. The first kappa shape index (κ1) is 19.1. The first-order chi connectivity index (χ1) is 14.6. The molecule has 5 rings (SSSR count). The molecule has 3 aromatic carbocycles. The van der Waals surface area contributed by atoms with Gasteiger partial charge in [-0.3, -0.25) is 4.99 Å². The van der Waals surface area contributed by atoms with Gasteiger partial charge in [0.15, 0.2) is 0 Å². The monoisotopic (exact) mass is 458 g/mol. The number of hydrogen-bond acceptors (Lipinski definition) is 3. The molecular formula is C26H23BrN2O. The summed E-state index contributed by atoms with van der Waals surface area (Å²) in [5, 5.41) is 13.4. The SMILES string of the molecule is Cc1ccc2c(c1)[C@@H]1C=CC[C@H]1[C@@H](c1ccc(N=Cc3ccc(O)c(Br)c3)cc1)N2. The fourth-order valence-electron chi connectivity index (χ4n) is 4.56. The highest BCUT2D eigenvalue weighted by atomic mass is 79.9. The predicted octanol–water partition coefficient (Wildman–Crippen LogP) is 7.04. The second-order valence-electron chi connectivity index (χ2n) is 8.13. The van der Waals surface area contributed by atoms with Crippen LogP contribution in [0.5, 0.6) is 5.75 Å². The van der Waals surface area contributed by atoms with Crippen molar-refractivity contribution < 1.29 is 5.11 Å². The van der Waals surface area contributed by atoms with Crippen LogP contribution in [0.25, 0.3) is 0 Å². The minimum atomic E-state index is 0.230. The molecule has 3 aromatic rings. The zero-order valence-corrected chi connectivity index (χ0v) is 18.3. The highest BCUT2D eigenvalue weighted by molar-refractivity contribution is 9.10. The summed E-state index contributed by atoms with van der Waals surface area (Å²) in [7, 11) is 0. The average molecular weight is 459 g/mol. The van der Waals surface area contributed by atoms with Crippen LogP contribution in [0.1, 0.15) is 40.6 Å². The second-order valence-corrected chi connectivity index (χ2v) is 8.98. The molecule has 0 aromatic heterocycles. The number of fused-ring (bicyclic) bond motifs is 3. The van der Waals surface area contributed by atoms with E-state index in [1.807, 2.05) is 18.3 Å². The van der Waals surface area contributed by atoms with Gasteiger partial charge in [-0.1, -0.05) is 42.0 Å². The van der Waals surface area contributed by atoms with Gasteiger partial charge in [-0.25, -0.2) is 0 Å². The van der Waals surface area contributed by atoms with E-state index < -0.39 is 0 Å². The van der Waals surface area contributed by atoms with E-state index in [1.54, 1.807) is 6.07 Å². The van der Waals surface area contributed by atoms with Crippen LogP contribution in [0.2, 0.25) is 0 Å². The van der Waals surface area contributed by atoms with Crippen LogP contribution in [0.3, 0.4) is 0 Å². The van der Waals surface area contributed by atoms with Crippen LogP contribution in [0.4, 0.5) is 11.4 Å². The Balaban J connectivity index is 1.38. The van der Waals surface area contributed by atoms with Gasteiger partial charge in [-0.15, -0.1) is 0 Å². The Kier molecular flexibility index (Phi) is 4.95. The smallest absolute Gasteiger partial charge is 0.129 e. The highest BCUT2D eigenvalue weighted by Gasteiger charge is 2.37. The molecule has 0 saturated heterocycles. The number of nitrogens with one attached hydrogen (secondary N) is 1. The third kappa shape index (κ3) is 3.56. The van der Waals surface area contributed by atoms with Crippen molar-refractivity contribution in [1.82, 2.24) is 0 Å². The third-order valence-corrected chi connectivity index (χ3v) is 6.74. The molecule has 3 atom stereocenters. The van der Waals surface area contributed by atoms with Crippen LogP contribution in [-0.2, 0) is 0 Å². The van der Waals surface area contributed by atoms with Crippen LogP contribution in [0.15, 0.2) is 82.3 Å². The molecule has 0 saturated carbocycles. The lowest BCUT2D eigenvalue weighted by atomic mass is 9.76. The fraction of sp³-hybridized carbons (Fsp3) is 0.192. The Bertz CT molecular complexity index is 1150. The minimum Gasteiger partial charge on any atom is -0.507 e. The molecule has 2 N–H and O–H groups in total. The number of allylic oxidation sites excluding steroid dienone is 2. The molecule has 1 aliphatic heterocycles. The van der Waals surface area contributed by atoms with Gasteiger partial charge in [-0.05, 0) is 88.3 Å². The van der Waals surface area contributed by atoms with Gasteiger partial charge in [0.1, 0.15) is 5.75 Å². The molecule has 2 aliphatic rings. The molecule has 0 spiro atoms. The fourth-order valence-corrected chi connectivity index (χ4v) is 4.96. The number of benzene rings is 3. The van der Waals surface area contributed by atoms with Crippen molar-refractivity contribution in [2.24, 2.45) is 10.9 Å². The van der Waals surface area contributed by atoms with Crippen molar-refractivity contribution in [3.63, 3.8) is 0 Å². The van der Waals surface area contributed by atoms with Gasteiger partial charge < -0.3 is 10.4 Å². The molecule has 0 radical (unpaired) electrons. The quantitative estimate of drug-likeness (QED) is 0.326. The van der Waals surface area contributed by atoms with Crippen molar-refractivity contribution in [1.29, 1.82) is 0 Å². The first-order valence-corrected chi connectivity index (χ1v) is 11.0. The van der Waals surface area contributed by atoms with Crippen molar-refractivity contribution >= 4 is 33.5 Å². The third-order valence-electron chi connectivity index (χ3n) is 6.10. The Morgan fingerprint density at radius 1 is 1.07 bits per heavy atom. The van der Waals surface area contributed by atoms with Crippen LogP contribution < -0.4 is 5.32 Å². The molecule has 0 bridgehead atoms. The Morgan fingerprint density at radius 3 is 2.70 bits per heavy atom. The number of anilines is 1. The molecule has 0 amide bonds. The highest BCUT2D eigenvalue weighted by Crippen LogP contribution is 2.50. The largest absolute Gasteiger partial charge is 0.507 e. The van der Waals surface area contributed by atoms with E-state index in [4.69, 9.17) is 0 Å². The summed E-state index contributed by atoms with van der Waals surface area (Å²) in [6.07, 6.45) is 7.63. The summed E-state index contributed by atoms with van der Waals surface area (Å²) in [6.45, 7) is 2.16. The van der Waals surface area contributed by atoms with E-state index in [9.17, 15) is 5.11 Å². The zero-order chi connectivity index (χ0) is 20.7. The second kappa shape index (κ2) is 7.77. The van der Waals surface area contributed by atoms with E-state index in [0.717, 1.165) is 17.7 Å². The Labute approximate surface area is 185 Å². The molecule has 0 fully saturated rings. The van der Waals surface area contributed by atoms with Crippen molar-refractivity contribution in [2.75, 3.05) is 5.32 Å². The number of aryl methyl sites for hydroxylation is 1. The summed E-state index contributed by atoms with van der Waals surface area (Å²) in [6, 6.07) is 20.9. The number of halogens is 1.